The van der Waals surface area contributed by atoms with Crippen molar-refractivity contribution < 1.29 is 9.47 Å². The van der Waals surface area contributed by atoms with Crippen LogP contribution in [0.1, 0.15) is 23.7 Å². The van der Waals surface area contributed by atoms with E-state index in [1.807, 2.05) is 37.3 Å². The molecular formula is C20H21N3O3. The van der Waals surface area contributed by atoms with Gasteiger partial charge in [-0.25, -0.2) is 4.98 Å². The molecule has 2 aromatic heterocycles. The normalized spacial score (nSPS) is 12.9. The number of aryl methyl sites for hydroxylation is 1. The summed E-state index contributed by atoms with van der Waals surface area (Å²) in [6, 6.07) is 11.4. The van der Waals surface area contributed by atoms with Crippen LogP contribution in [0.25, 0.3) is 5.65 Å². The zero-order valence-corrected chi connectivity index (χ0v) is 14.9. The minimum atomic E-state index is -0.0483. The molecule has 0 fully saturated rings. The Morgan fingerprint density at radius 1 is 1.15 bits per heavy atom. The second kappa shape index (κ2) is 6.80. The Morgan fingerprint density at radius 3 is 2.85 bits per heavy atom. The van der Waals surface area contributed by atoms with Gasteiger partial charge in [0.1, 0.15) is 5.65 Å². The summed E-state index contributed by atoms with van der Waals surface area (Å²) in [5.74, 6) is 1.58. The molecule has 0 atom stereocenters. The molecule has 6 nitrogen and oxygen atoms in total. The molecule has 0 aliphatic carbocycles. The molecule has 0 saturated heterocycles. The lowest BCUT2D eigenvalue weighted by Gasteiger charge is -2.20. The first-order valence-corrected chi connectivity index (χ1v) is 8.73. The molecule has 0 radical (unpaired) electrons. The average molecular weight is 351 g/mol. The molecule has 4 rings (SSSR count). The summed E-state index contributed by atoms with van der Waals surface area (Å²) in [5.41, 5.74) is 3.59. The van der Waals surface area contributed by atoms with E-state index < -0.39 is 0 Å². The van der Waals surface area contributed by atoms with Gasteiger partial charge in [0, 0.05) is 25.4 Å². The van der Waals surface area contributed by atoms with E-state index in [9.17, 15) is 4.79 Å². The minimum absolute atomic E-state index is 0.0483. The molecule has 26 heavy (non-hydrogen) atoms. The fourth-order valence-corrected chi connectivity index (χ4v) is 3.20. The van der Waals surface area contributed by atoms with Crippen LogP contribution in [-0.4, -0.2) is 27.6 Å². The van der Waals surface area contributed by atoms with Crippen molar-refractivity contribution in [1.82, 2.24) is 14.3 Å². The fraction of sp³-hybridized carbons (Fsp3) is 0.300. The van der Waals surface area contributed by atoms with E-state index in [4.69, 9.17) is 14.5 Å². The van der Waals surface area contributed by atoms with E-state index >= 15 is 0 Å². The molecule has 0 spiro atoms. The van der Waals surface area contributed by atoms with E-state index in [0.717, 1.165) is 41.4 Å². The number of fused-ring (bicyclic) bond motifs is 2. The lowest BCUT2D eigenvalue weighted by atomic mass is 10.2. The number of nitrogens with zero attached hydrogens (tertiary/aromatic N) is 3. The summed E-state index contributed by atoms with van der Waals surface area (Å²) in [6.07, 6.45) is 1.76. The van der Waals surface area contributed by atoms with Gasteiger partial charge in [-0.15, -0.1) is 0 Å². The van der Waals surface area contributed by atoms with Gasteiger partial charge < -0.3 is 9.47 Å². The number of ether oxygens (including phenoxy) is 2. The first-order chi connectivity index (χ1) is 12.6. The molecule has 1 aromatic carbocycles. The van der Waals surface area contributed by atoms with E-state index in [1.54, 1.807) is 16.7 Å². The van der Waals surface area contributed by atoms with E-state index in [0.29, 0.717) is 12.2 Å². The van der Waals surface area contributed by atoms with Gasteiger partial charge >= 0.3 is 0 Å². The predicted octanol–water partition coefficient (Wildman–Crippen LogP) is 2.75. The summed E-state index contributed by atoms with van der Waals surface area (Å²) in [7, 11) is 0. The van der Waals surface area contributed by atoms with Crippen molar-refractivity contribution in [1.29, 1.82) is 0 Å². The third kappa shape index (κ3) is 3.15. The number of aromatic nitrogens is 2. The Bertz CT molecular complexity index is 1010. The zero-order chi connectivity index (χ0) is 18.1. The molecule has 3 aromatic rings. The van der Waals surface area contributed by atoms with Gasteiger partial charge in [-0.3, -0.25) is 14.1 Å². The van der Waals surface area contributed by atoms with Crippen molar-refractivity contribution in [3.05, 3.63) is 69.8 Å². The number of pyridine rings is 1. The molecule has 0 amide bonds. The van der Waals surface area contributed by atoms with Gasteiger partial charge in [0.25, 0.3) is 5.56 Å². The standard InChI is InChI=1S/C20H21N3O3/c1-3-22(11-15-6-7-17-18(9-15)26-13-25-17)12-16-10-19(24)23-8-4-5-14(2)20(23)21-16/h4-10H,3,11-13H2,1-2H3. The van der Waals surface area contributed by atoms with Crippen molar-refractivity contribution in [2.75, 3.05) is 13.3 Å². The van der Waals surface area contributed by atoms with Crippen LogP contribution in [0.2, 0.25) is 0 Å². The Labute approximate surface area is 151 Å². The van der Waals surface area contributed by atoms with Crippen LogP contribution in [0.4, 0.5) is 0 Å². The highest BCUT2D eigenvalue weighted by molar-refractivity contribution is 5.47. The van der Waals surface area contributed by atoms with Crippen LogP contribution in [0.5, 0.6) is 11.5 Å². The van der Waals surface area contributed by atoms with Gasteiger partial charge in [-0.05, 0) is 42.8 Å². The molecule has 0 bridgehead atoms. The molecule has 3 heterocycles. The molecule has 134 valence electrons. The number of hydrogen-bond acceptors (Lipinski definition) is 5. The third-order valence-corrected chi connectivity index (χ3v) is 4.62. The highest BCUT2D eigenvalue weighted by atomic mass is 16.7. The summed E-state index contributed by atoms with van der Waals surface area (Å²) in [6.45, 7) is 6.57. The maximum Gasteiger partial charge on any atom is 0.258 e. The Morgan fingerprint density at radius 2 is 2.00 bits per heavy atom. The second-order valence-corrected chi connectivity index (χ2v) is 6.46. The summed E-state index contributed by atoms with van der Waals surface area (Å²) in [4.78, 5) is 19.3. The second-order valence-electron chi connectivity index (χ2n) is 6.46. The quantitative estimate of drug-likeness (QED) is 0.707. The van der Waals surface area contributed by atoms with Gasteiger partial charge in [0.05, 0.1) is 5.69 Å². The van der Waals surface area contributed by atoms with Gasteiger partial charge in [0.2, 0.25) is 6.79 Å². The van der Waals surface area contributed by atoms with Crippen molar-refractivity contribution >= 4 is 5.65 Å². The molecule has 1 aliphatic rings. The Hall–Kier alpha value is -2.86. The minimum Gasteiger partial charge on any atom is -0.454 e. The van der Waals surface area contributed by atoms with Crippen molar-refractivity contribution in [2.45, 2.75) is 26.9 Å². The lowest BCUT2D eigenvalue weighted by Crippen LogP contribution is -2.25. The zero-order valence-electron chi connectivity index (χ0n) is 14.9. The van der Waals surface area contributed by atoms with Crippen molar-refractivity contribution in [2.24, 2.45) is 0 Å². The van der Waals surface area contributed by atoms with Crippen LogP contribution < -0.4 is 15.0 Å². The molecule has 0 unspecified atom stereocenters. The van der Waals surface area contributed by atoms with E-state index in [-0.39, 0.29) is 12.4 Å². The van der Waals surface area contributed by atoms with E-state index in [1.165, 1.54) is 0 Å². The molecule has 6 heteroatoms. The summed E-state index contributed by atoms with van der Waals surface area (Å²) < 4.78 is 12.4. The van der Waals surface area contributed by atoms with Crippen LogP contribution in [0.15, 0.2) is 47.4 Å². The average Bonchev–Trinajstić information content (AvgIpc) is 3.10. The summed E-state index contributed by atoms with van der Waals surface area (Å²) in [5, 5.41) is 0. The predicted molar refractivity (Wildman–Crippen MR) is 98.6 cm³/mol. The van der Waals surface area contributed by atoms with Crippen LogP contribution >= 0.6 is 0 Å². The van der Waals surface area contributed by atoms with Crippen molar-refractivity contribution in [3.63, 3.8) is 0 Å². The van der Waals surface area contributed by atoms with Gasteiger partial charge in [-0.2, -0.15) is 0 Å². The van der Waals surface area contributed by atoms with Crippen LogP contribution in [0.3, 0.4) is 0 Å². The number of benzene rings is 1. The molecule has 0 N–H and O–H groups in total. The molecule has 1 aliphatic heterocycles. The molecular weight excluding hydrogens is 330 g/mol. The van der Waals surface area contributed by atoms with Crippen LogP contribution in [-0.2, 0) is 13.1 Å². The highest BCUT2D eigenvalue weighted by Gasteiger charge is 2.15. The highest BCUT2D eigenvalue weighted by Crippen LogP contribution is 2.32. The monoisotopic (exact) mass is 351 g/mol. The Balaban J connectivity index is 1.58. The smallest absolute Gasteiger partial charge is 0.258 e. The largest absolute Gasteiger partial charge is 0.454 e. The maximum absolute atomic E-state index is 12.4. The summed E-state index contributed by atoms with van der Waals surface area (Å²) >= 11 is 0. The molecule has 0 saturated carbocycles. The Kier molecular flexibility index (Phi) is 4.34. The number of hydrogen-bond donors (Lipinski definition) is 0. The van der Waals surface area contributed by atoms with Crippen LogP contribution in [0, 0.1) is 6.92 Å². The SMILES string of the molecule is CCN(Cc1ccc2c(c1)OCO2)Cc1cc(=O)n2cccc(C)c2n1. The van der Waals surface area contributed by atoms with Gasteiger partial charge in [0.15, 0.2) is 11.5 Å². The van der Waals surface area contributed by atoms with E-state index in [2.05, 4.69) is 11.8 Å². The van der Waals surface area contributed by atoms with Gasteiger partial charge in [-0.1, -0.05) is 19.1 Å². The first-order valence-electron chi connectivity index (χ1n) is 8.73. The first kappa shape index (κ1) is 16.6. The third-order valence-electron chi connectivity index (χ3n) is 4.62. The maximum atomic E-state index is 12.4. The van der Waals surface area contributed by atoms with Crippen molar-refractivity contribution in [3.8, 4) is 11.5 Å². The lowest BCUT2D eigenvalue weighted by molar-refractivity contribution is 0.174. The number of rotatable bonds is 5. The topological polar surface area (TPSA) is 56.1 Å². The fourth-order valence-electron chi connectivity index (χ4n) is 3.20.